The minimum Gasteiger partial charge on any atom is -0.496 e. The van der Waals surface area contributed by atoms with Gasteiger partial charge in [0, 0.05) is 5.69 Å². The molecule has 0 bridgehead atoms. The molecule has 1 amide bonds. The summed E-state index contributed by atoms with van der Waals surface area (Å²) in [5.41, 5.74) is 1.38. The molecule has 0 radical (unpaired) electrons. The van der Waals surface area contributed by atoms with Crippen LogP contribution in [-0.2, 0) is 9.59 Å². The van der Waals surface area contributed by atoms with Crippen molar-refractivity contribution in [2.24, 2.45) is 0 Å². The summed E-state index contributed by atoms with van der Waals surface area (Å²) in [6.07, 6.45) is 0. The molecule has 6 nitrogen and oxygen atoms in total. The number of aryl methyl sites for hydroxylation is 1. The fraction of sp³-hybridized carbons (Fsp3) is 0.333. The first-order valence-electron chi connectivity index (χ1n) is 5.35. The predicted molar refractivity (Wildman–Crippen MR) is 66.8 cm³/mol. The van der Waals surface area contributed by atoms with Gasteiger partial charge in [0.15, 0.2) is 6.04 Å². The quantitative estimate of drug-likeness (QED) is 0.668. The summed E-state index contributed by atoms with van der Waals surface area (Å²) in [6.45, 7) is 1.83. The van der Waals surface area contributed by atoms with E-state index in [0.717, 1.165) is 5.56 Å². The van der Waals surface area contributed by atoms with Crippen molar-refractivity contribution in [1.82, 2.24) is 5.32 Å². The molecular formula is C12H16N2O4. The summed E-state index contributed by atoms with van der Waals surface area (Å²) in [7, 11) is 2.97. The molecular weight excluding hydrogens is 236 g/mol. The number of benzene rings is 1. The zero-order chi connectivity index (χ0) is 13.7. The topological polar surface area (TPSA) is 87.7 Å². The number of hydrogen-bond donors (Lipinski definition) is 3. The summed E-state index contributed by atoms with van der Waals surface area (Å²) in [4.78, 5) is 22.5. The zero-order valence-electron chi connectivity index (χ0n) is 10.5. The van der Waals surface area contributed by atoms with E-state index in [1.165, 1.54) is 7.05 Å². The molecule has 1 atom stereocenters. The number of rotatable bonds is 5. The van der Waals surface area contributed by atoms with Gasteiger partial charge in [-0.05, 0) is 37.7 Å². The van der Waals surface area contributed by atoms with Crippen LogP contribution in [0.5, 0.6) is 5.75 Å². The van der Waals surface area contributed by atoms with Gasteiger partial charge in [-0.15, -0.1) is 0 Å². The molecule has 98 valence electrons. The minimum atomic E-state index is -1.27. The highest BCUT2D eigenvalue weighted by atomic mass is 16.5. The summed E-state index contributed by atoms with van der Waals surface area (Å²) >= 11 is 0. The molecule has 3 N–H and O–H groups in total. The molecule has 0 aliphatic carbocycles. The number of amides is 1. The van der Waals surface area contributed by atoms with Crippen molar-refractivity contribution in [3.63, 3.8) is 0 Å². The van der Waals surface area contributed by atoms with Crippen LogP contribution >= 0.6 is 0 Å². The molecule has 0 aliphatic heterocycles. The fourth-order valence-electron chi connectivity index (χ4n) is 1.54. The van der Waals surface area contributed by atoms with E-state index >= 15 is 0 Å². The Bertz CT molecular complexity index is 459. The Hall–Kier alpha value is -2.08. The van der Waals surface area contributed by atoms with Gasteiger partial charge in [-0.2, -0.15) is 0 Å². The van der Waals surface area contributed by atoms with Crippen LogP contribution in [0.15, 0.2) is 18.2 Å². The predicted octanol–water partition coefficient (Wildman–Crippen LogP) is 0.615. The van der Waals surface area contributed by atoms with Crippen molar-refractivity contribution >= 4 is 17.6 Å². The van der Waals surface area contributed by atoms with Crippen LogP contribution < -0.4 is 15.4 Å². The van der Waals surface area contributed by atoms with Crippen molar-refractivity contribution in [2.75, 3.05) is 19.5 Å². The van der Waals surface area contributed by atoms with Gasteiger partial charge in [0.05, 0.1) is 7.11 Å². The highest BCUT2D eigenvalue weighted by Crippen LogP contribution is 2.21. The highest BCUT2D eigenvalue weighted by Gasteiger charge is 2.24. The highest BCUT2D eigenvalue weighted by molar-refractivity contribution is 6.07. The smallest absolute Gasteiger partial charge is 0.330 e. The summed E-state index contributed by atoms with van der Waals surface area (Å²) in [5.74, 6) is -1.13. The Morgan fingerprint density at radius 1 is 1.39 bits per heavy atom. The number of ether oxygens (including phenoxy) is 1. The first-order valence-corrected chi connectivity index (χ1v) is 5.35. The molecule has 0 aliphatic rings. The Labute approximate surface area is 105 Å². The lowest BCUT2D eigenvalue weighted by molar-refractivity contribution is -0.142. The second-order valence-electron chi connectivity index (χ2n) is 3.73. The molecule has 1 unspecified atom stereocenters. The standard InChI is InChI=1S/C12H16N2O4/c1-7-6-8(4-5-9(7)18-3)14-11(15)10(13-2)12(16)17/h4-6,10,13H,1-3H3,(H,14,15)(H,16,17). The van der Waals surface area contributed by atoms with Crippen LogP contribution in [-0.4, -0.2) is 37.2 Å². The van der Waals surface area contributed by atoms with Crippen LogP contribution in [0.3, 0.4) is 0 Å². The van der Waals surface area contributed by atoms with Crippen molar-refractivity contribution in [2.45, 2.75) is 13.0 Å². The van der Waals surface area contributed by atoms with E-state index < -0.39 is 17.9 Å². The van der Waals surface area contributed by atoms with Gasteiger partial charge in [0.1, 0.15) is 5.75 Å². The van der Waals surface area contributed by atoms with Crippen LogP contribution in [0.2, 0.25) is 0 Å². The maximum atomic E-state index is 11.7. The number of anilines is 1. The largest absolute Gasteiger partial charge is 0.496 e. The maximum Gasteiger partial charge on any atom is 0.330 e. The summed E-state index contributed by atoms with van der Waals surface area (Å²) < 4.78 is 5.09. The Kier molecular flexibility index (Phi) is 4.67. The van der Waals surface area contributed by atoms with Crippen molar-refractivity contribution in [3.05, 3.63) is 23.8 Å². The van der Waals surface area contributed by atoms with E-state index in [4.69, 9.17) is 9.84 Å². The molecule has 18 heavy (non-hydrogen) atoms. The Morgan fingerprint density at radius 3 is 2.50 bits per heavy atom. The Morgan fingerprint density at radius 2 is 2.06 bits per heavy atom. The summed E-state index contributed by atoms with van der Waals surface area (Å²) in [6, 6.07) is 3.80. The number of carbonyl (C=O) groups is 2. The van der Waals surface area contributed by atoms with Crippen LogP contribution in [0.4, 0.5) is 5.69 Å². The third-order valence-corrected chi connectivity index (χ3v) is 2.46. The normalized spacial score (nSPS) is 11.7. The third-order valence-electron chi connectivity index (χ3n) is 2.46. The third kappa shape index (κ3) is 3.21. The van der Waals surface area contributed by atoms with Crippen LogP contribution in [0.1, 0.15) is 5.56 Å². The number of carbonyl (C=O) groups excluding carboxylic acids is 1. The molecule has 0 heterocycles. The van der Waals surface area contributed by atoms with Gasteiger partial charge in [-0.1, -0.05) is 0 Å². The van der Waals surface area contributed by atoms with Gasteiger partial charge in [-0.3, -0.25) is 10.1 Å². The van der Waals surface area contributed by atoms with Gasteiger partial charge < -0.3 is 15.2 Å². The molecule has 1 aromatic rings. The first-order chi connectivity index (χ1) is 8.49. The average molecular weight is 252 g/mol. The Balaban J connectivity index is 2.82. The van der Waals surface area contributed by atoms with E-state index in [2.05, 4.69) is 10.6 Å². The van der Waals surface area contributed by atoms with Crippen LogP contribution in [0, 0.1) is 6.92 Å². The molecule has 1 aromatic carbocycles. The number of methoxy groups -OCH3 is 1. The minimum absolute atomic E-state index is 0.528. The monoisotopic (exact) mass is 252 g/mol. The number of hydrogen-bond acceptors (Lipinski definition) is 4. The lowest BCUT2D eigenvalue weighted by atomic mass is 10.2. The van der Waals surface area contributed by atoms with E-state index in [-0.39, 0.29) is 0 Å². The van der Waals surface area contributed by atoms with E-state index in [0.29, 0.717) is 11.4 Å². The van der Waals surface area contributed by atoms with Crippen LogP contribution in [0.25, 0.3) is 0 Å². The number of aliphatic carboxylic acids is 1. The van der Waals surface area contributed by atoms with Gasteiger partial charge in [0.25, 0.3) is 5.91 Å². The molecule has 1 rings (SSSR count). The van der Waals surface area contributed by atoms with E-state index in [1.807, 2.05) is 6.92 Å². The lowest BCUT2D eigenvalue weighted by Gasteiger charge is -2.13. The molecule has 0 saturated heterocycles. The van der Waals surface area contributed by atoms with Crippen molar-refractivity contribution < 1.29 is 19.4 Å². The zero-order valence-corrected chi connectivity index (χ0v) is 10.5. The fourth-order valence-corrected chi connectivity index (χ4v) is 1.54. The number of carboxylic acids is 1. The molecule has 6 heteroatoms. The number of nitrogens with one attached hydrogen (secondary N) is 2. The van der Waals surface area contributed by atoms with E-state index in [1.54, 1.807) is 25.3 Å². The average Bonchev–Trinajstić information content (AvgIpc) is 2.29. The van der Waals surface area contributed by atoms with Gasteiger partial charge in [0.2, 0.25) is 0 Å². The number of likely N-dealkylation sites (N-methyl/N-ethyl adjacent to an activating group) is 1. The van der Waals surface area contributed by atoms with Gasteiger partial charge >= 0.3 is 5.97 Å². The van der Waals surface area contributed by atoms with Crippen molar-refractivity contribution in [3.8, 4) is 5.75 Å². The van der Waals surface area contributed by atoms with Gasteiger partial charge in [-0.25, -0.2) is 4.79 Å². The van der Waals surface area contributed by atoms with E-state index in [9.17, 15) is 9.59 Å². The second kappa shape index (κ2) is 6.02. The molecule has 0 fully saturated rings. The SMILES string of the molecule is CNC(C(=O)O)C(=O)Nc1ccc(OC)c(C)c1. The first kappa shape index (κ1) is 14.0. The second-order valence-corrected chi connectivity index (χ2v) is 3.73. The van der Waals surface area contributed by atoms with Crippen molar-refractivity contribution in [1.29, 1.82) is 0 Å². The molecule has 0 saturated carbocycles. The number of carboxylic acid groups (broad SMARTS) is 1. The molecule has 0 aromatic heterocycles. The lowest BCUT2D eigenvalue weighted by Crippen LogP contribution is -2.44. The summed E-state index contributed by atoms with van der Waals surface area (Å²) in [5, 5.41) is 13.8. The molecule has 0 spiro atoms. The maximum absolute atomic E-state index is 11.7.